The van der Waals surface area contributed by atoms with E-state index in [2.05, 4.69) is 11.4 Å². The van der Waals surface area contributed by atoms with Crippen molar-refractivity contribution in [3.8, 4) is 0 Å². The van der Waals surface area contributed by atoms with Crippen LogP contribution in [0.15, 0.2) is 17.5 Å². The highest BCUT2D eigenvalue weighted by molar-refractivity contribution is 7.27. The van der Waals surface area contributed by atoms with Gasteiger partial charge in [0.2, 0.25) is 0 Å². The van der Waals surface area contributed by atoms with Crippen molar-refractivity contribution in [3.05, 3.63) is 22.4 Å². The third-order valence-corrected chi connectivity index (χ3v) is 5.50. The molecule has 1 atom stereocenters. The van der Waals surface area contributed by atoms with E-state index in [1.54, 1.807) is 22.7 Å². The highest BCUT2D eigenvalue weighted by Gasteiger charge is 2.16. The van der Waals surface area contributed by atoms with Gasteiger partial charge in [-0.1, -0.05) is 0 Å². The van der Waals surface area contributed by atoms with Crippen LogP contribution < -0.4 is 0 Å². The molecule has 3 heterocycles. The SMILES string of the molecule is O=C(CCCC1CCCO1)c1cc2sccc2s1. The molecule has 4 heteroatoms. The zero-order valence-electron chi connectivity index (χ0n) is 10.2. The molecule has 0 bridgehead atoms. The first-order valence-electron chi connectivity index (χ1n) is 6.45. The fourth-order valence-corrected chi connectivity index (χ4v) is 4.46. The van der Waals surface area contributed by atoms with E-state index in [9.17, 15) is 4.79 Å². The number of hydrogen-bond donors (Lipinski definition) is 0. The maximum absolute atomic E-state index is 12.1. The maximum atomic E-state index is 12.1. The average molecular weight is 280 g/mol. The number of carbonyl (C=O) groups excluding carboxylic acids is 1. The first-order chi connectivity index (χ1) is 8.83. The van der Waals surface area contributed by atoms with Gasteiger partial charge in [0.25, 0.3) is 0 Å². The van der Waals surface area contributed by atoms with Gasteiger partial charge in [-0.25, -0.2) is 0 Å². The van der Waals surface area contributed by atoms with E-state index in [0.717, 1.165) is 24.3 Å². The van der Waals surface area contributed by atoms with Crippen molar-refractivity contribution in [2.45, 2.75) is 38.2 Å². The molecule has 1 unspecified atom stereocenters. The molecule has 1 saturated heterocycles. The van der Waals surface area contributed by atoms with Crippen molar-refractivity contribution in [2.24, 2.45) is 0 Å². The molecule has 0 aliphatic carbocycles. The number of carbonyl (C=O) groups is 1. The van der Waals surface area contributed by atoms with Gasteiger partial charge in [-0.05, 0) is 43.2 Å². The molecule has 2 nitrogen and oxygen atoms in total. The minimum absolute atomic E-state index is 0.293. The Morgan fingerprint density at radius 1 is 1.44 bits per heavy atom. The normalized spacial score (nSPS) is 19.7. The van der Waals surface area contributed by atoms with Gasteiger partial charge in [-0.15, -0.1) is 22.7 Å². The maximum Gasteiger partial charge on any atom is 0.172 e. The van der Waals surface area contributed by atoms with Gasteiger partial charge in [0.15, 0.2) is 5.78 Å². The largest absolute Gasteiger partial charge is 0.378 e. The Hall–Kier alpha value is -0.710. The quantitative estimate of drug-likeness (QED) is 0.754. The summed E-state index contributed by atoms with van der Waals surface area (Å²) in [4.78, 5) is 13.0. The molecule has 18 heavy (non-hydrogen) atoms. The van der Waals surface area contributed by atoms with E-state index in [0.29, 0.717) is 18.3 Å². The number of thiophene rings is 2. The van der Waals surface area contributed by atoms with Crippen molar-refractivity contribution in [1.29, 1.82) is 0 Å². The molecule has 0 aromatic carbocycles. The van der Waals surface area contributed by atoms with E-state index < -0.39 is 0 Å². The molecule has 0 N–H and O–H groups in total. The van der Waals surface area contributed by atoms with Crippen LogP contribution in [0.3, 0.4) is 0 Å². The van der Waals surface area contributed by atoms with Crippen LogP contribution >= 0.6 is 22.7 Å². The third kappa shape index (κ3) is 2.66. The van der Waals surface area contributed by atoms with Gasteiger partial charge in [0.1, 0.15) is 0 Å². The minimum atomic E-state index is 0.293. The summed E-state index contributed by atoms with van der Waals surface area (Å²) in [5.74, 6) is 0.293. The van der Waals surface area contributed by atoms with Crippen molar-refractivity contribution in [2.75, 3.05) is 6.61 Å². The molecule has 0 saturated carbocycles. The second-order valence-corrected chi connectivity index (χ2v) is 6.74. The number of ether oxygens (including phenoxy) is 1. The van der Waals surface area contributed by atoms with Crippen molar-refractivity contribution in [1.82, 2.24) is 0 Å². The molecule has 0 spiro atoms. The highest BCUT2D eigenvalue weighted by atomic mass is 32.1. The Morgan fingerprint density at radius 2 is 2.39 bits per heavy atom. The summed E-state index contributed by atoms with van der Waals surface area (Å²) < 4.78 is 8.05. The molecule has 1 aliphatic heterocycles. The summed E-state index contributed by atoms with van der Waals surface area (Å²) in [6.45, 7) is 0.903. The van der Waals surface area contributed by atoms with Crippen LogP contribution in [0.4, 0.5) is 0 Å². The Bertz CT molecular complexity index is 506. The van der Waals surface area contributed by atoms with Gasteiger partial charge in [-0.3, -0.25) is 4.79 Å². The van der Waals surface area contributed by atoms with Gasteiger partial charge in [0, 0.05) is 22.4 Å². The first-order valence-corrected chi connectivity index (χ1v) is 8.14. The zero-order valence-corrected chi connectivity index (χ0v) is 11.8. The number of hydrogen-bond acceptors (Lipinski definition) is 4. The van der Waals surface area contributed by atoms with Gasteiger partial charge >= 0.3 is 0 Å². The molecule has 3 rings (SSSR count). The minimum Gasteiger partial charge on any atom is -0.378 e. The molecular formula is C14H16O2S2. The number of Topliss-reactive ketones (excluding diaryl/α,β-unsaturated/α-hetero) is 1. The lowest BCUT2D eigenvalue weighted by atomic mass is 10.1. The molecule has 1 aliphatic rings. The van der Waals surface area contributed by atoms with Crippen LogP contribution in [0, 0.1) is 0 Å². The summed E-state index contributed by atoms with van der Waals surface area (Å²) in [7, 11) is 0. The summed E-state index contributed by atoms with van der Waals surface area (Å²) in [5.41, 5.74) is 0. The fraction of sp³-hybridized carbons (Fsp3) is 0.500. The lowest BCUT2D eigenvalue weighted by molar-refractivity contribution is 0.0925. The Morgan fingerprint density at radius 3 is 3.17 bits per heavy atom. The lowest BCUT2D eigenvalue weighted by Crippen LogP contribution is -2.06. The first kappa shape index (κ1) is 12.3. The fourth-order valence-electron chi connectivity index (χ4n) is 2.39. The standard InChI is InChI=1S/C14H16O2S2/c15-11(5-1-3-10-4-2-7-16-10)13-9-14-12(18-13)6-8-17-14/h6,8-10H,1-5,7H2. The predicted octanol–water partition coefficient (Wildman–Crippen LogP) is 4.49. The monoisotopic (exact) mass is 280 g/mol. The second kappa shape index (κ2) is 5.51. The summed E-state index contributed by atoms with van der Waals surface area (Å²) >= 11 is 3.33. The van der Waals surface area contributed by atoms with Crippen molar-refractivity contribution >= 4 is 37.9 Å². The molecular weight excluding hydrogens is 264 g/mol. The van der Waals surface area contributed by atoms with Gasteiger partial charge < -0.3 is 4.74 Å². The van der Waals surface area contributed by atoms with Crippen LogP contribution in [0.25, 0.3) is 9.40 Å². The summed E-state index contributed by atoms with van der Waals surface area (Å²) in [5, 5.41) is 2.08. The highest BCUT2D eigenvalue weighted by Crippen LogP contribution is 2.31. The van der Waals surface area contributed by atoms with Crippen LogP contribution in [0.1, 0.15) is 41.8 Å². The Balaban J connectivity index is 1.53. The van der Waals surface area contributed by atoms with E-state index in [1.165, 1.54) is 22.2 Å². The molecule has 1 fully saturated rings. The summed E-state index contributed by atoms with van der Waals surface area (Å²) in [6, 6.07) is 4.13. The molecule has 0 radical (unpaired) electrons. The predicted molar refractivity (Wildman–Crippen MR) is 76.9 cm³/mol. The van der Waals surface area contributed by atoms with E-state index >= 15 is 0 Å². The molecule has 0 amide bonds. The number of rotatable bonds is 5. The lowest BCUT2D eigenvalue weighted by Gasteiger charge is -2.07. The van der Waals surface area contributed by atoms with Crippen LogP contribution in [0.2, 0.25) is 0 Å². The molecule has 2 aromatic heterocycles. The van der Waals surface area contributed by atoms with Crippen molar-refractivity contribution in [3.63, 3.8) is 0 Å². The zero-order chi connectivity index (χ0) is 12.4. The van der Waals surface area contributed by atoms with Crippen LogP contribution in [-0.4, -0.2) is 18.5 Å². The number of ketones is 1. The van der Waals surface area contributed by atoms with Gasteiger partial charge in [0.05, 0.1) is 11.0 Å². The molecule has 2 aromatic rings. The van der Waals surface area contributed by atoms with E-state index in [1.807, 2.05) is 6.07 Å². The van der Waals surface area contributed by atoms with Crippen molar-refractivity contribution < 1.29 is 9.53 Å². The van der Waals surface area contributed by atoms with E-state index in [-0.39, 0.29) is 0 Å². The smallest absolute Gasteiger partial charge is 0.172 e. The molecule has 96 valence electrons. The topological polar surface area (TPSA) is 26.3 Å². The van der Waals surface area contributed by atoms with Gasteiger partial charge in [-0.2, -0.15) is 0 Å². The number of fused-ring (bicyclic) bond motifs is 1. The summed E-state index contributed by atoms with van der Waals surface area (Å²) in [6.07, 6.45) is 5.40. The van der Waals surface area contributed by atoms with E-state index in [4.69, 9.17) is 4.74 Å². The second-order valence-electron chi connectivity index (χ2n) is 4.71. The Labute approximate surface area is 115 Å². The Kier molecular flexibility index (Phi) is 3.77. The average Bonchev–Trinajstić information content (AvgIpc) is 3.04. The third-order valence-electron chi connectivity index (χ3n) is 3.37. The van der Waals surface area contributed by atoms with Crippen LogP contribution in [-0.2, 0) is 4.74 Å². The van der Waals surface area contributed by atoms with Crippen LogP contribution in [0.5, 0.6) is 0 Å².